The Morgan fingerprint density at radius 1 is 1.12 bits per heavy atom. The number of aromatic nitrogens is 1. The molecule has 0 atom stereocenters. The van der Waals surface area contributed by atoms with Crippen LogP contribution in [-0.2, 0) is 0 Å². The van der Waals surface area contributed by atoms with Gasteiger partial charge in [-0.25, -0.2) is 4.98 Å². The molecule has 0 spiro atoms. The Bertz CT molecular complexity index is 836. The van der Waals surface area contributed by atoms with Crippen LogP contribution in [0.2, 0.25) is 0 Å². The van der Waals surface area contributed by atoms with E-state index in [0.29, 0.717) is 11.3 Å². The van der Waals surface area contributed by atoms with E-state index >= 15 is 0 Å². The van der Waals surface area contributed by atoms with Crippen LogP contribution in [0.5, 0.6) is 11.5 Å². The molecular weight excluding hydrogens is 320 g/mol. The van der Waals surface area contributed by atoms with Gasteiger partial charge in [0.05, 0.1) is 15.9 Å². The Morgan fingerprint density at radius 2 is 1.88 bits per heavy atom. The quantitative estimate of drug-likeness (QED) is 0.769. The smallest absolute Gasteiger partial charge is 0.166 e. The van der Waals surface area contributed by atoms with Gasteiger partial charge in [0.2, 0.25) is 0 Å². The molecule has 0 bridgehead atoms. The van der Waals surface area contributed by atoms with E-state index in [-0.39, 0.29) is 6.10 Å². The highest BCUT2D eigenvalue weighted by atomic mass is 32.1. The van der Waals surface area contributed by atoms with Crippen LogP contribution in [-0.4, -0.2) is 29.3 Å². The molecule has 5 heteroatoms. The van der Waals surface area contributed by atoms with Crippen molar-refractivity contribution in [1.29, 1.82) is 0 Å². The number of rotatable bonds is 3. The molecule has 0 saturated carbocycles. The molecule has 24 heavy (non-hydrogen) atoms. The van der Waals surface area contributed by atoms with Crippen molar-refractivity contribution in [3.05, 3.63) is 47.5 Å². The summed E-state index contributed by atoms with van der Waals surface area (Å²) in [6.07, 6.45) is 2.12. The summed E-state index contributed by atoms with van der Waals surface area (Å²) < 4.78 is 7.10. The Morgan fingerprint density at radius 3 is 2.62 bits per heavy atom. The number of nitrogens with zero attached hydrogens (tertiary/aromatic N) is 2. The first kappa shape index (κ1) is 15.3. The minimum atomic E-state index is 0.231. The van der Waals surface area contributed by atoms with Gasteiger partial charge in [-0.1, -0.05) is 17.7 Å². The number of benzene rings is 2. The average Bonchev–Trinajstić information content (AvgIpc) is 3.08. The predicted molar refractivity (Wildman–Crippen MR) is 98.3 cm³/mol. The second-order valence-corrected chi connectivity index (χ2v) is 7.14. The van der Waals surface area contributed by atoms with Crippen molar-refractivity contribution in [3.63, 3.8) is 0 Å². The van der Waals surface area contributed by atoms with Crippen LogP contribution < -0.4 is 9.64 Å². The second-order valence-electron chi connectivity index (χ2n) is 6.25. The van der Waals surface area contributed by atoms with Gasteiger partial charge >= 0.3 is 0 Å². The summed E-state index contributed by atoms with van der Waals surface area (Å²) in [6, 6.07) is 12.2. The van der Waals surface area contributed by atoms with E-state index < -0.39 is 0 Å². The lowest BCUT2D eigenvalue weighted by Gasteiger charge is -2.34. The van der Waals surface area contributed by atoms with Crippen molar-refractivity contribution in [2.45, 2.75) is 25.9 Å². The minimum absolute atomic E-state index is 0.231. The fraction of sp³-hybridized carbons (Fsp3) is 0.316. The summed E-state index contributed by atoms with van der Waals surface area (Å²) in [7, 11) is 0. The number of aromatic hydroxyl groups is 1. The SMILES string of the molecule is Cc1ccc(OC2CCN(c3ccc4scnc4c3O)CC2)cc1. The van der Waals surface area contributed by atoms with E-state index in [0.717, 1.165) is 42.1 Å². The van der Waals surface area contributed by atoms with Gasteiger partial charge in [0.15, 0.2) is 5.75 Å². The van der Waals surface area contributed by atoms with E-state index in [9.17, 15) is 5.11 Å². The molecule has 0 unspecified atom stereocenters. The second kappa shape index (κ2) is 6.32. The van der Waals surface area contributed by atoms with Crippen molar-refractivity contribution >= 4 is 27.2 Å². The van der Waals surface area contributed by atoms with Gasteiger partial charge in [0, 0.05) is 25.9 Å². The monoisotopic (exact) mass is 340 g/mol. The zero-order chi connectivity index (χ0) is 16.5. The van der Waals surface area contributed by atoms with E-state index in [1.54, 1.807) is 16.8 Å². The summed E-state index contributed by atoms with van der Waals surface area (Å²) >= 11 is 1.55. The highest BCUT2D eigenvalue weighted by Crippen LogP contribution is 2.37. The van der Waals surface area contributed by atoms with Crippen LogP contribution in [0.25, 0.3) is 10.2 Å². The molecule has 3 aromatic rings. The molecule has 1 N–H and O–H groups in total. The van der Waals surface area contributed by atoms with Crippen molar-refractivity contribution in [2.75, 3.05) is 18.0 Å². The van der Waals surface area contributed by atoms with E-state index in [1.807, 2.05) is 24.3 Å². The molecule has 4 nitrogen and oxygen atoms in total. The standard InChI is InChI=1S/C19H20N2O2S/c1-13-2-4-14(5-3-13)23-15-8-10-21(11-9-15)16-6-7-17-18(19(16)22)20-12-24-17/h2-7,12,15,22H,8-11H2,1H3. The van der Waals surface area contributed by atoms with Crippen LogP contribution >= 0.6 is 11.3 Å². The van der Waals surface area contributed by atoms with E-state index in [1.165, 1.54) is 5.56 Å². The Balaban J connectivity index is 1.43. The lowest BCUT2D eigenvalue weighted by Crippen LogP contribution is -2.38. The highest BCUT2D eigenvalue weighted by molar-refractivity contribution is 7.16. The Kier molecular flexibility index (Phi) is 4.02. The van der Waals surface area contributed by atoms with Crippen LogP contribution in [0.3, 0.4) is 0 Å². The van der Waals surface area contributed by atoms with Crippen LogP contribution in [0, 0.1) is 6.92 Å². The third-order valence-electron chi connectivity index (χ3n) is 4.56. The van der Waals surface area contributed by atoms with Gasteiger partial charge in [-0.3, -0.25) is 0 Å². The normalized spacial score (nSPS) is 15.8. The van der Waals surface area contributed by atoms with Gasteiger partial charge in [0.1, 0.15) is 17.4 Å². The van der Waals surface area contributed by atoms with Crippen LogP contribution in [0.1, 0.15) is 18.4 Å². The number of aryl methyl sites for hydroxylation is 1. The molecule has 0 amide bonds. The molecule has 2 aromatic carbocycles. The zero-order valence-corrected chi connectivity index (χ0v) is 14.4. The molecule has 1 aromatic heterocycles. The third-order valence-corrected chi connectivity index (χ3v) is 5.35. The first-order valence-corrected chi connectivity index (χ1v) is 9.12. The number of anilines is 1. The fourth-order valence-corrected chi connectivity index (χ4v) is 3.86. The number of ether oxygens (including phenoxy) is 1. The third kappa shape index (κ3) is 2.91. The number of phenolic OH excluding ortho intramolecular Hbond substituents is 1. The minimum Gasteiger partial charge on any atom is -0.504 e. The van der Waals surface area contributed by atoms with Gasteiger partial charge < -0.3 is 14.7 Å². The van der Waals surface area contributed by atoms with Crippen molar-refractivity contribution in [2.24, 2.45) is 0 Å². The average molecular weight is 340 g/mol. The molecular formula is C19H20N2O2S. The molecule has 1 fully saturated rings. The largest absolute Gasteiger partial charge is 0.504 e. The van der Waals surface area contributed by atoms with Crippen molar-refractivity contribution in [3.8, 4) is 11.5 Å². The van der Waals surface area contributed by atoms with E-state index in [2.05, 4.69) is 28.9 Å². The van der Waals surface area contributed by atoms with Gasteiger partial charge in [-0.15, -0.1) is 11.3 Å². The van der Waals surface area contributed by atoms with Gasteiger partial charge in [0.25, 0.3) is 0 Å². The number of thiazole rings is 1. The first-order chi connectivity index (χ1) is 11.7. The zero-order valence-electron chi connectivity index (χ0n) is 13.6. The molecule has 1 aliphatic heterocycles. The maximum Gasteiger partial charge on any atom is 0.166 e. The maximum atomic E-state index is 10.5. The Hall–Kier alpha value is -2.27. The number of fused-ring (bicyclic) bond motifs is 1. The molecule has 124 valence electrons. The fourth-order valence-electron chi connectivity index (χ4n) is 3.19. The highest BCUT2D eigenvalue weighted by Gasteiger charge is 2.23. The van der Waals surface area contributed by atoms with Gasteiger partial charge in [-0.05, 0) is 31.2 Å². The number of hydrogen-bond donors (Lipinski definition) is 1. The molecule has 4 rings (SSSR count). The molecule has 1 saturated heterocycles. The molecule has 0 radical (unpaired) electrons. The maximum absolute atomic E-state index is 10.5. The summed E-state index contributed by atoms with van der Waals surface area (Å²) in [5.74, 6) is 1.23. The molecule has 2 heterocycles. The summed E-state index contributed by atoms with van der Waals surface area (Å²) in [5.41, 5.74) is 4.60. The Labute approximate surface area is 145 Å². The summed E-state index contributed by atoms with van der Waals surface area (Å²) in [5, 5.41) is 10.5. The summed E-state index contributed by atoms with van der Waals surface area (Å²) in [4.78, 5) is 6.49. The van der Waals surface area contributed by atoms with Crippen molar-refractivity contribution in [1.82, 2.24) is 4.98 Å². The molecule has 0 aliphatic carbocycles. The van der Waals surface area contributed by atoms with E-state index in [4.69, 9.17) is 4.74 Å². The van der Waals surface area contributed by atoms with Crippen molar-refractivity contribution < 1.29 is 9.84 Å². The lowest BCUT2D eigenvalue weighted by molar-refractivity contribution is 0.170. The van der Waals surface area contributed by atoms with Gasteiger partial charge in [-0.2, -0.15) is 0 Å². The van der Waals surface area contributed by atoms with Crippen LogP contribution in [0.15, 0.2) is 41.9 Å². The predicted octanol–water partition coefficient (Wildman–Crippen LogP) is 4.36. The first-order valence-electron chi connectivity index (χ1n) is 8.24. The lowest BCUT2D eigenvalue weighted by atomic mass is 10.1. The summed E-state index contributed by atoms with van der Waals surface area (Å²) in [6.45, 7) is 3.83. The molecule has 1 aliphatic rings. The van der Waals surface area contributed by atoms with Crippen LogP contribution in [0.4, 0.5) is 5.69 Å². The number of piperidine rings is 1. The number of phenols is 1. The number of hydrogen-bond acceptors (Lipinski definition) is 5. The topological polar surface area (TPSA) is 45.6 Å².